The fourth-order valence-electron chi connectivity index (χ4n) is 3.11. The molecule has 0 bridgehead atoms. The van der Waals surface area contributed by atoms with E-state index in [1.807, 2.05) is 37.3 Å². The van der Waals surface area contributed by atoms with Gasteiger partial charge in [0.05, 0.1) is 12.1 Å². The van der Waals surface area contributed by atoms with Crippen LogP contribution in [0.1, 0.15) is 58.4 Å². The predicted molar refractivity (Wildman–Crippen MR) is 98.0 cm³/mol. The van der Waals surface area contributed by atoms with E-state index in [2.05, 4.69) is 10.3 Å². The Labute approximate surface area is 148 Å². The summed E-state index contributed by atoms with van der Waals surface area (Å²) < 4.78 is 0. The molecule has 2 atom stereocenters. The molecule has 3 N–H and O–H groups in total. The van der Waals surface area contributed by atoms with Gasteiger partial charge in [0.2, 0.25) is 0 Å². The number of aryl methyl sites for hydroxylation is 1. The van der Waals surface area contributed by atoms with E-state index in [0.29, 0.717) is 29.8 Å². The van der Waals surface area contributed by atoms with Crippen molar-refractivity contribution in [2.45, 2.75) is 52.7 Å². The van der Waals surface area contributed by atoms with Gasteiger partial charge in [0.15, 0.2) is 5.78 Å². The number of aromatic amines is 1. The smallest absolute Gasteiger partial charge is 0.268 e. The molecule has 25 heavy (non-hydrogen) atoms. The Balaban J connectivity index is 2.11. The standard InChI is InChI=1S/C20H26N2O3/c1-5-16-18(14(4)23)13(3)21-19(16)20(25)22-12(2)17(24)11-15-9-7-6-8-10-15/h6-10,12,17,21,24H,5,11H2,1-4H3,(H,22,25). The van der Waals surface area contributed by atoms with Gasteiger partial charge in [-0.1, -0.05) is 37.3 Å². The van der Waals surface area contributed by atoms with Crippen LogP contribution in [-0.2, 0) is 12.8 Å². The van der Waals surface area contributed by atoms with Gasteiger partial charge in [-0.15, -0.1) is 0 Å². The minimum atomic E-state index is -0.695. The summed E-state index contributed by atoms with van der Waals surface area (Å²) in [7, 11) is 0. The normalized spacial score (nSPS) is 13.3. The summed E-state index contributed by atoms with van der Waals surface area (Å²) in [6.07, 6.45) is 0.355. The molecular weight excluding hydrogens is 316 g/mol. The molecule has 2 unspecified atom stereocenters. The molecule has 134 valence electrons. The van der Waals surface area contributed by atoms with Gasteiger partial charge in [0, 0.05) is 17.7 Å². The van der Waals surface area contributed by atoms with Crippen LogP contribution in [-0.4, -0.2) is 33.9 Å². The Morgan fingerprint density at radius 3 is 2.44 bits per heavy atom. The zero-order chi connectivity index (χ0) is 18.6. The summed E-state index contributed by atoms with van der Waals surface area (Å²) in [5, 5.41) is 13.2. The molecule has 0 aliphatic heterocycles. The van der Waals surface area contributed by atoms with Crippen molar-refractivity contribution in [3.05, 3.63) is 58.4 Å². The number of ketones is 1. The van der Waals surface area contributed by atoms with Gasteiger partial charge < -0.3 is 15.4 Å². The second-order valence-electron chi connectivity index (χ2n) is 6.41. The second kappa shape index (κ2) is 8.12. The minimum absolute atomic E-state index is 0.0539. The fraction of sp³-hybridized carbons (Fsp3) is 0.400. The Kier molecular flexibility index (Phi) is 6.15. The van der Waals surface area contributed by atoms with Crippen molar-refractivity contribution >= 4 is 11.7 Å². The summed E-state index contributed by atoms with van der Waals surface area (Å²) in [4.78, 5) is 27.5. The zero-order valence-corrected chi connectivity index (χ0v) is 15.2. The summed E-state index contributed by atoms with van der Waals surface area (Å²) in [5.41, 5.74) is 3.44. The number of amides is 1. The summed E-state index contributed by atoms with van der Waals surface area (Å²) >= 11 is 0. The van der Waals surface area contributed by atoms with Crippen LogP contribution in [0.3, 0.4) is 0 Å². The number of hydrogen-bond acceptors (Lipinski definition) is 3. The van der Waals surface area contributed by atoms with Gasteiger partial charge in [0.1, 0.15) is 5.69 Å². The number of carbonyl (C=O) groups is 2. The summed E-state index contributed by atoms with van der Waals surface area (Å²) in [5.74, 6) is -0.353. The molecule has 0 fully saturated rings. The molecule has 0 saturated carbocycles. The van der Waals surface area contributed by atoms with Crippen molar-refractivity contribution in [1.82, 2.24) is 10.3 Å². The van der Waals surface area contributed by atoms with Gasteiger partial charge >= 0.3 is 0 Å². The molecule has 5 nitrogen and oxygen atoms in total. The number of aliphatic hydroxyl groups is 1. The quantitative estimate of drug-likeness (QED) is 0.677. The van der Waals surface area contributed by atoms with Crippen molar-refractivity contribution in [1.29, 1.82) is 0 Å². The average molecular weight is 342 g/mol. The van der Waals surface area contributed by atoms with Crippen LogP contribution in [0.15, 0.2) is 30.3 Å². The molecule has 0 radical (unpaired) electrons. The van der Waals surface area contributed by atoms with Crippen molar-refractivity contribution in [3.8, 4) is 0 Å². The number of nitrogens with one attached hydrogen (secondary N) is 2. The van der Waals surface area contributed by atoms with E-state index in [-0.39, 0.29) is 11.7 Å². The number of Topliss-reactive ketones (excluding diaryl/α,β-unsaturated/α-hetero) is 1. The first-order valence-corrected chi connectivity index (χ1v) is 8.60. The molecule has 2 aromatic rings. The maximum absolute atomic E-state index is 12.6. The third kappa shape index (κ3) is 4.37. The van der Waals surface area contributed by atoms with Gasteiger partial charge in [-0.05, 0) is 38.3 Å². The Hall–Kier alpha value is -2.40. The fourth-order valence-corrected chi connectivity index (χ4v) is 3.11. The maximum atomic E-state index is 12.6. The summed E-state index contributed by atoms with van der Waals surface area (Å²) in [6.45, 7) is 6.99. The molecular formula is C20H26N2O3. The van der Waals surface area contributed by atoms with E-state index < -0.39 is 12.1 Å². The number of H-pyrrole nitrogens is 1. The van der Waals surface area contributed by atoms with E-state index in [1.54, 1.807) is 13.8 Å². The van der Waals surface area contributed by atoms with E-state index >= 15 is 0 Å². The molecule has 0 aliphatic rings. The first kappa shape index (κ1) is 18.9. The van der Waals surface area contributed by atoms with E-state index in [4.69, 9.17) is 0 Å². The highest BCUT2D eigenvalue weighted by Crippen LogP contribution is 2.20. The van der Waals surface area contributed by atoms with Crippen molar-refractivity contribution in [3.63, 3.8) is 0 Å². The van der Waals surface area contributed by atoms with E-state index in [9.17, 15) is 14.7 Å². The van der Waals surface area contributed by atoms with Crippen LogP contribution in [0.25, 0.3) is 0 Å². The molecule has 0 spiro atoms. The molecule has 0 aliphatic carbocycles. The molecule has 1 aromatic carbocycles. The predicted octanol–water partition coefficient (Wildman–Crippen LogP) is 2.81. The van der Waals surface area contributed by atoms with Gasteiger partial charge in [0.25, 0.3) is 5.91 Å². The monoisotopic (exact) mass is 342 g/mol. The lowest BCUT2D eigenvalue weighted by molar-refractivity contribution is 0.0846. The number of benzene rings is 1. The van der Waals surface area contributed by atoms with Crippen LogP contribution >= 0.6 is 0 Å². The van der Waals surface area contributed by atoms with Crippen molar-refractivity contribution in [2.75, 3.05) is 0 Å². The summed E-state index contributed by atoms with van der Waals surface area (Å²) in [6, 6.07) is 9.24. The maximum Gasteiger partial charge on any atom is 0.268 e. The lowest BCUT2D eigenvalue weighted by Crippen LogP contribution is -2.42. The van der Waals surface area contributed by atoms with Crippen LogP contribution in [0.4, 0.5) is 0 Å². The number of aliphatic hydroxyl groups excluding tert-OH is 1. The molecule has 1 heterocycles. The topological polar surface area (TPSA) is 82.2 Å². The van der Waals surface area contributed by atoms with E-state index in [1.165, 1.54) is 6.92 Å². The number of hydrogen-bond donors (Lipinski definition) is 3. The first-order chi connectivity index (χ1) is 11.8. The molecule has 2 rings (SSSR count). The van der Waals surface area contributed by atoms with Crippen molar-refractivity contribution < 1.29 is 14.7 Å². The Bertz CT molecular complexity index is 750. The zero-order valence-electron chi connectivity index (χ0n) is 15.2. The second-order valence-corrected chi connectivity index (χ2v) is 6.41. The van der Waals surface area contributed by atoms with E-state index in [0.717, 1.165) is 11.1 Å². The molecule has 0 saturated heterocycles. The molecule has 1 amide bonds. The third-order valence-electron chi connectivity index (χ3n) is 4.45. The lowest BCUT2D eigenvalue weighted by atomic mass is 10.0. The highest BCUT2D eigenvalue weighted by atomic mass is 16.3. The lowest BCUT2D eigenvalue weighted by Gasteiger charge is -2.20. The van der Waals surface area contributed by atoms with Gasteiger partial charge in [-0.2, -0.15) is 0 Å². The highest BCUT2D eigenvalue weighted by molar-refractivity contribution is 6.02. The number of aromatic nitrogens is 1. The minimum Gasteiger partial charge on any atom is -0.391 e. The van der Waals surface area contributed by atoms with Gasteiger partial charge in [-0.25, -0.2) is 0 Å². The third-order valence-corrected chi connectivity index (χ3v) is 4.45. The highest BCUT2D eigenvalue weighted by Gasteiger charge is 2.24. The Morgan fingerprint density at radius 2 is 1.88 bits per heavy atom. The van der Waals surface area contributed by atoms with Crippen LogP contribution in [0, 0.1) is 6.92 Å². The van der Waals surface area contributed by atoms with Crippen molar-refractivity contribution in [2.24, 2.45) is 0 Å². The van der Waals surface area contributed by atoms with Crippen LogP contribution in [0.2, 0.25) is 0 Å². The SMILES string of the molecule is CCc1c(C(=O)NC(C)C(O)Cc2ccccc2)[nH]c(C)c1C(C)=O. The average Bonchev–Trinajstić information content (AvgIpc) is 2.92. The largest absolute Gasteiger partial charge is 0.391 e. The van der Waals surface area contributed by atoms with Gasteiger partial charge in [-0.3, -0.25) is 9.59 Å². The van der Waals surface area contributed by atoms with Crippen LogP contribution < -0.4 is 5.32 Å². The Morgan fingerprint density at radius 1 is 1.24 bits per heavy atom. The van der Waals surface area contributed by atoms with Crippen LogP contribution in [0.5, 0.6) is 0 Å². The number of rotatable bonds is 7. The first-order valence-electron chi connectivity index (χ1n) is 8.60. The molecule has 1 aromatic heterocycles. The number of carbonyl (C=O) groups excluding carboxylic acids is 2. The molecule has 5 heteroatoms.